The van der Waals surface area contributed by atoms with Gasteiger partial charge in [0, 0.05) is 12.8 Å². The molecule has 3 nitrogen and oxygen atoms in total. The lowest BCUT2D eigenvalue weighted by Crippen LogP contribution is -2.38. The molecule has 1 atom stereocenters. The average Bonchev–Trinajstić information content (AvgIpc) is 2.51. The summed E-state index contributed by atoms with van der Waals surface area (Å²) in [6.07, 6.45) is 19.6. The Morgan fingerprint density at radius 3 is 2.00 bits per heavy atom. The van der Waals surface area contributed by atoms with E-state index in [0.29, 0.717) is 18.6 Å². The van der Waals surface area contributed by atoms with E-state index in [9.17, 15) is 4.79 Å². The molecule has 2 N–H and O–H groups in total. The van der Waals surface area contributed by atoms with Crippen molar-refractivity contribution >= 4 is 5.78 Å². The summed E-state index contributed by atoms with van der Waals surface area (Å²) in [6, 6.07) is 0. The van der Waals surface area contributed by atoms with Crippen molar-refractivity contribution in [1.29, 1.82) is 0 Å². The van der Waals surface area contributed by atoms with Crippen LogP contribution >= 0.6 is 0 Å². The first kappa shape index (κ1) is 22.3. The number of nitrogens with two attached hydrogens (primary N) is 1. The van der Waals surface area contributed by atoms with E-state index in [4.69, 9.17) is 5.73 Å². The lowest BCUT2D eigenvalue weighted by molar-refractivity contribution is -0.120. The molecule has 0 amide bonds. The third kappa shape index (κ3) is 16.0. The zero-order valence-corrected chi connectivity index (χ0v) is 15.9. The van der Waals surface area contributed by atoms with E-state index in [-0.39, 0.29) is 6.17 Å². The number of carbonyl (C=O) groups excluding carboxylic acids is 1. The lowest BCUT2D eigenvalue weighted by Gasteiger charge is -2.18. The van der Waals surface area contributed by atoms with Crippen LogP contribution in [0.15, 0.2) is 12.2 Å². The van der Waals surface area contributed by atoms with Crippen molar-refractivity contribution in [3.8, 4) is 0 Å². The number of hydrogen-bond acceptors (Lipinski definition) is 3. The second kappa shape index (κ2) is 16.2. The Morgan fingerprint density at radius 1 is 0.913 bits per heavy atom. The number of allylic oxidation sites excluding steroid dienone is 2. The molecule has 136 valence electrons. The molecule has 0 fully saturated rings. The zero-order chi connectivity index (χ0) is 17.3. The summed E-state index contributed by atoms with van der Waals surface area (Å²) >= 11 is 0. The van der Waals surface area contributed by atoms with Gasteiger partial charge in [-0.05, 0) is 46.2 Å². The molecule has 1 unspecified atom stereocenters. The van der Waals surface area contributed by atoms with Crippen LogP contribution in [0.4, 0.5) is 0 Å². The van der Waals surface area contributed by atoms with Crippen molar-refractivity contribution in [2.24, 2.45) is 5.73 Å². The van der Waals surface area contributed by atoms with E-state index in [1.54, 1.807) is 0 Å². The molecule has 0 aromatic heterocycles. The van der Waals surface area contributed by atoms with Crippen LogP contribution in [0.2, 0.25) is 0 Å². The van der Waals surface area contributed by atoms with E-state index in [2.05, 4.69) is 19.1 Å². The van der Waals surface area contributed by atoms with Gasteiger partial charge in [-0.3, -0.25) is 9.69 Å². The zero-order valence-electron chi connectivity index (χ0n) is 15.9. The van der Waals surface area contributed by atoms with Gasteiger partial charge in [-0.15, -0.1) is 0 Å². The highest BCUT2D eigenvalue weighted by molar-refractivity contribution is 5.78. The SMILES string of the molecule is CCCCCC/C=C\CCCCCCCC(=O)CC(N)N(C)C. The quantitative estimate of drug-likeness (QED) is 0.245. The molecule has 0 radical (unpaired) electrons. The van der Waals surface area contributed by atoms with Gasteiger partial charge in [0.15, 0.2) is 0 Å². The summed E-state index contributed by atoms with van der Waals surface area (Å²) in [5.74, 6) is 0.303. The molecule has 0 spiro atoms. The van der Waals surface area contributed by atoms with Crippen LogP contribution in [0.5, 0.6) is 0 Å². The molecule has 23 heavy (non-hydrogen) atoms. The molecule has 0 saturated carbocycles. The number of hydrogen-bond donors (Lipinski definition) is 1. The highest BCUT2D eigenvalue weighted by Crippen LogP contribution is 2.10. The van der Waals surface area contributed by atoms with Crippen molar-refractivity contribution in [2.45, 2.75) is 96.6 Å². The minimum absolute atomic E-state index is 0.128. The fraction of sp³-hybridized carbons (Fsp3) is 0.850. The molecule has 3 heteroatoms. The fourth-order valence-corrected chi connectivity index (χ4v) is 2.56. The van der Waals surface area contributed by atoms with Crippen molar-refractivity contribution in [1.82, 2.24) is 4.90 Å². The van der Waals surface area contributed by atoms with Crippen LogP contribution in [-0.2, 0) is 4.79 Å². The Morgan fingerprint density at radius 2 is 1.43 bits per heavy atom. The van der Waals surface area contributed by atoms with Gasteiger partial charge in [0.25, 0.3) is 0 Å². The number of carbonyl (C=O) groups is 1. The van der Waals surface area contributed by atoms with Gasteiger partial charge in [-0.2, -0.15) is 0 Å². The van der Waals surface area contributed by atoms with Gasteiger partial charge in [-0.25, -0.2) is 0 Å². The first-order valence-electron chi connectivity index (χ1n) is 9.66. The van der Waals surface area contributed by atoms with Crippen molar-refractivity contribution in [3.63, 3.8) is 0 Å². The predicted octanol–water partition coefficient (Wildman–Crippen LogP) is 5.05. The van der Waals surface area contributed by atoms with Gasteiger partial charge in [-0.1, -0.05) is 57.6 Å². The summed E-state index contributed by atoms with van der Waals surface area (Å²) in [5.41, 5.74) is 5.86. The number of unbranched alkanes of at least 4 members (excludes halogenated alkanes) is 9. The maximum absolute atomic E-state index is 11.7. The second-order valence-electron chi connectivity index (χ2n) is 6.90. The van der Waals surface area contributed by atoms with E-state index >= 15 is 0 Å². The van der Waals surface area contributed by atoms with Gasteiger partial charge < -0.3 is 5.73 Å². The van der Waals surface area contributed by atoms with Gasteiger partial charge in [0.05, 0.1) is 6.17 Å². The molecule has 0 aromatic rings. The van der Waals surface area contributed by atoms with Crippen molar-refractivity contribution in [2.75, 3.05) is 14.1 Å². The predicted molar refractivity (Wildman–Crippen MR) is 102 cm³/mol. The molecule has 0 aliphatic rings. The van der Waals surface area contributed by atoms with Crippen molar-refractivity contribution < 1.29 is 4.79 Å². The van der Waals surface area contributed by atoms with Crippen molar-refractivity contribution in [3.05, 3.63) is 12.2 Å². The van der Waals surface area contributed by atoms with Gasteiger partial charge in [0.1, 0.15) is 5.78 Å². The van der Waals surface area contributed by atoms with E-state index in [0.717, 1.165) is 6.42 Å². The number of ketones is 1. The largest absolute Gasteiger partial charge is 0.315 e. The molecule has 0 aliphatic carbocycles. The Bertz CT molecular complexity index is 300. The molecule has 0 rings (SSSR count). The maximum atomic E-state index is 11.7. The first-order valence-corrected chi connectivity index (χ1v) is 9.66. The number of Topliss-reactive ketones (excluding diaryl/α,β-unsaturated/α-hetero) is 1. The molecule has 0 aromatic carbocycles. The minimum Gasteiger partial charge on any atom is -0.315 e. The second-order valence-corrected chi connectivity index (χ2v) is 6.90. The Labute approximate surface area is 144 Å². The first-order chi connectivity index (χ1) is 11.1. The molecule has 0 saturated heterocycles. The summed E-state index contributed by atoms with van der Waals surface area (Å²) in [6.45, 7) is 2.25. The van der Waals surface area contributed by atoms with Crippen LogP contribution in [-0.4, -0.2) is 30.9 Å². The van der Waals surface area contributed by atoms with Crippen LogP contribution in [0, 0.1) is 0 Å². The van der Waals surface area contributed by atoms with Crippen LogP contribution in [0.1, 0.15) is 90.4 Å². The monoisotopic (exact) mass is 324 g/mol. The van der Waals surface area contributed by atoms with Gasteiger partial charge in [0.2, 0.25) is 0 Å². The molecule has 0 bridgehead atoms. The highest BCUT2D eigenvalue weighted by Gasteiger charge is 2.10. The molecule has 0 aliphatic heterocycles. The minimum atomic E-state index is -0.128. The summed E-state index contributed by atoms with van der Waals surface area (Å²) in [5, 5.41) is 0. The third-order valence-corrected chi connectivity index (χ3v) is 4.32. The standard InChI is InChI=1S/C20H40N2O/c1-4-5-6-7-8-9-10-11-12-13-14-15-16-17-19(23)18-20(21)22(2)3/h9-10,20H,4-8,11-18,21H2,1-3H3/b10-9-. The highest BCUT2D eigenvalue weighted by atomic mass is 16.1. The fourth-order valence-electron chi connectivity index (χ4n) is 2.56. The van der Waals surface area contributed by atoms with E-state index in [1.807, 2.05) is 19.0 Å². The Kier molecular flexibility index (Phi) is 15.7. The maximum Gasteiger partial charge on any atom is 0.135 e. The average molecular weight is 325 g/mol. The number of nitrogens with zero attached hydrogens (tertiary/aromatic N) is 1. The lowest BCUT2D eigenvalue weighted by atomic mass is 10.1. The normalized spacial score (nSPS) is 13.1. The molecular formula is C20H40N2O. The topological polar surface area (TPSA) is 46.3 Å². The number of rotatable bonds is 16. The Balaban J connectivity index is 3.30. The summed E-state index contributed by atoms with van der Waals surface area (Å²) in [4.78, 5) is 13.6. The van der Waals surface area contributed by atoms with Crippen LogP contribution in [0.3, 0.4) is 0 Å². The summed E-state index contributed by atoms with van der Waals surface area (Å²) < 4.78 is 0. The Hall–Kier alpha value is -0.670. The van der Waals surface area contributed by atoms with Crippen LogP contribution in [0.25, 0.3) is 0 Å². The third-order valence-electron chi connectivity index (χ3n) is 4.32. The van der Waals surface area contributed by atoms with Crippen LogP contribution < -0.4 is 5.73 Å². The summed E-state index contributed by atoms with van der Waals surface area (Å²) in [7, 11) is 3.83. The molecule has 0 heterocycles. The van der Waals surface area contributed by atoms with E-state index in [1.165, 1.54) is 64.2 Å². The van der Waals surface area contributed by atoms with Gasteiger partial charge >= 0.3 is 0 Å². The smallest absolute Gasteiger partial charge is 0.135 e. The molecular weight excluding hydrogens is 284 g/mol. The van der Waals surface area contributed by atoms with E-state index < -0.39 is 0 Å².